The molecule has 0 aliphatic carbocycles. The highest BCUT2D eigenvalue weighted by Crippen LogP contribution is 2.33. The van der Waals surface area contributed by atoms with E-state index >= 15 is 0 Å². The van der Waals surface area contributed by atoms with Crippen LogP contribution in [0.15, 0.2) is 46.9 Å². The van der Waals surface area contributed by atoms with Crippen LogP contribution in [0.3, 0.4) is 0 Å². The van der Waals surface area contributed by atoms with Gasteiger partial charge >= 0.3 is 0 Å². The lowest BCUT2D eigenvalue weighted by Gasteiger charge is -2.06. The molecular weight excluding hydrogens is 336 g/mol. The molecule has 1 aromatic heterocycles. The Hall–Kier alpha value is -1.58. The largest absolute Gasteiger partial charge is 0.354 e. The molecule has 0 fully saturated rings. The summed E-state index contributed by atoms with van der Waals surface area (Å²) >= 11 is 3.59. The molecule has 114 valence electrons. The highest BCUT2D eigenvalue weighted by atomic mass is 79.9. The predicted molar refractivity (Wildman–Crippen MR) is 98.2 cm³/mol. The summed E-state index contributed by atoms with van der Waals surface area (Å²) in [5.74, 6) is 0. The summed E-state index contributed by atoms with van der Waals surface area (Å²) in [5.41, 5.74) is 12.0. The van der Waals surface area contributed by atoms with Crippen molar-refractivity contribution in [2.75, 3.05) is 6.54 Å². The van der Waals surface area contributed by atoms with Gasteiger partial charge in [0.1, 0.15) is 0 Å². The number of hydrogen-bond acceptors (Lipinski definition) is 1. The Balaban J connectivity index is 2.13. The molecule has 0 aliphatic heterocycles. The number of rotatable bonds is 5. The van der Waals surface area contributed by atoms with Crippen LogP contribution in [0.4, 0.5) is 0 Å². The zero-order chi connectivity index (χ0) is 15.5. The smallest absolute Gasteiger partial charge is 0.0497 e. The second kappa shape index (κ2) is 6.67. The van der Waals surface area contributed by atoms with E-state index in [9.17, 15) is 0 Å². The number of hydrogen-bond donors (Lipinski definition) is 2. The van der Waals surface area contributed by atoms with Crippen LogP contribution in [0, 0.1) is 6.92 Å². The van der Waals surface area contributed by atoms with Crippen molar-refractivity contribution in [3.05, 3.63) is 58.1 Å². The third kappa shape index (κ3) is 3.11. The first-order valence-corrected chi connectivity index (χ1v) is 8.55. The predicted octanol–water partition coefficient (Wildman–Crippen LogP) is 5.19. The van der Waals surface area contributed by atoms with Crippen LogP contribution in [0.2, 0.25) is 0 Å². The van der Waals surface area contributed by atoms with Crippen LogP contribution in [-0.2, 0) is 6.42 Å². The number of fused-ring (bicyclic) bond motifs is 1. The second-order valence-electron chi connectivity index (χ2n) is 5.78. The fourth-order valence-electron chi connectivity index (χ4n) is 2.97. The van der Waals surface area contributed by atoms with Crippen LogP contribution in [0.1, 0.15) is 24.0 Å². The van der Waals surface area contributed by atoms with E-state index in [4.69, 9.17) is 5.73 Å². The van der Waals surface area contributed by atoms with Crippen molar-refractivity contribution in [1.29, 1.82) is 0 Å². The summed E-state index contributed by atoms with van der Waals surface area (Å²) in [4.78, 5) is 3.61. The molecule has 22 heavy (non-hydrogen) atoms. The Bertz CT molecular complexity index is 789. The highest BCUT2D eigenvalue weighted by Gasteiger charge is 2.13. The number of H-pyrrole nitrogens is 1. The number of aromatic nitrogens is 1. The van der Waals surface area contributed by atoms with Gasteiger partial charge in [-0.25, -0.2) is 0 Å². The van der Waals surface area contributed by atoms with E-state index in [1.54, 1.807) is 0 Å². The van der Waals surface area contributed by atoms with Gasteiger partial charge in [0, 0.05) is 21.1 Å². The van der Waals surface area contributed by atoms with Crippen molar-refractivity contribution < 1.29 is 0 Å². The molecule has 3 rings (SSSR count). The fraction of sp³-hybridized carbons (Fsp3) is 0.263. The minimum absolute atomic E-state index is 0.756. The Morgan fingerprint density at radius 2 is 1.95 bits per heavy atom. The topological polar surface area (TPSA) is 41.8 Å². The molecule has 3 heteroatoms. The maximum Gasteiger partial charge on any atom is 0.0497 e. The molecule has 3 aromatic rings. The lowest BCUT2D eigenvalue weighted by Crippen LogP contribution is -1.99. The zero-order valence-corrected chi connectivity index (χ0v) is 14.4. The van der Waals surface area contributed by atoms with Crippen molar-refractivity contribution in [2.45, 2.75) is 26.2 Å². The minimum Gasteiger partial charge on any atom is -0.354 e. The van der Waals surface area contributed by atoms with E-state index in [0.29, 0.717) is 0 Å². The van der Waals surface area contributed by atoms with E-state index in [-0.39, 0.29) is 0 Å². The summed E-state index contributed by atoms with van der Waals surface area (Å²) in [5, 5.41) is 1.31. The monoisotopic (exact) mass is 356 g/mol. The third-order valence-corrected chi connectivity index (χ3v) is 4.55. The van der Waals surface area contributed by atoms with Gasteiger partial charge in [-0.15, -0.1) is 0 Å². The van der Waals surface area contributed by atoms with Gasteiger partial charge in [-0.05, 0) is 68.1 Å². The molecule has 2 aromatic carbocycles. The maximum atomic E-state index is 5.66. The molecule has 0 unspecified atom stereocenters. The van der Waals surface area contributed by atoms with Crippen molar-refractivity contribution >= 4 is 26.8 Å². The van der Waals surface area contributed by atoms with Crippen LogP contribution < -0.4 is 5.73 Å². The molecule has 1 heterocycles. The van der Waals surface area contributed by atoms with Gasteiger partial charge in [0.2, 0.25) is 0 Å². The number of aryl methyl sites for hydroxylation is 2. The Kier molecular flexibility index (Phi) is 4.65. The fourth-order valence-corrected chi connectivity index (χ4v) is 3.33. The van der Waals surface area contributed by atoms with Crippen molar-refractivity contribution in [2.24, 2.45) is 5.73 Å². The molecule has 3 N–H and O–H groups in total. The lowest BCUT2D eigenvalue weighted by molar-refractivity contribution is 0.748. The van der Waals surface area contributed by atoms with Crippen LogP contribution in [0.25, 0.3) is 22.2 Å². The van der Waals surface area contributed by atoms with E-state index < -0.39 is 0 Å². The minimum atomic E-state index is 0.756. The molecule has 2 nitrogen and oxygen atoms in total. The zero-order valence-electron chi connectivity index (χ0n) is 12.8. The number of unbranched alkanes of at least 4 members (excludes halogenated alkanes) is 1. The normalized spacial score (nSPS) is 11.2. The van der Waals surface area contributed by atoms with Gasteiger partial charge in [-0.1, -0.05) is 39.7 Å². The van der Waals surface area contributed by atoms with E-state index in [2.05, 4.69) is 70.3 Å². The SMILES string of the molecule is Cc1cccc(-c2[nH]c3ccc(Br)cc3c2CCCCN)c1. The Morgan fingerprint density at radius 3 is 2.73 bits per heavy atom. The van der Waals surface area contributed by atoms with E-state index in [1.807, 2.05) is 0 Å². The first-order chi connectivity index (χ1) is 10.7. The maximum absolute atomic E-state index is 5.66. The van der Waals surface area contributed by atoms with Gasteiger partial charge in [0.05, 0.1) is 0 Å². The highest BCUT2D eigenvalue weighted by molar-refractivity contribution is 9.10. The average molecular weight is 357 g/mol. The average Bonchev–Trinajstić information content (AvgIpc) is 2.86. The van der Waals surface area contributed by atoms with Gasteiger partial charge in [-0.2, -0.15) is 0 Å². The summed E-state index contributed by atoms with van der Waals surface area (Å²) in [6.07, 6.45) is 3.24. The van der Waals surface area contributed by atoms with Gasteiger partial charge < -0.3 is 10.7 Å². The number of halogens is 1. The summed E-state index contributed by atoms with van der Waals surface area (Å²) in [6.45, 7) is 2.89. The van der Waals surface area contributed by atoms with Gasteiger partial charge in [-0.3, -0.25) is 0 Å². The quantitative estimate of drug-likeness (QED) is 0.607. The van der Waals surface area contributed by atoms with Crippen LogP contribution in [0.5, 0.6) is 0 Å². The number of aromatic amines is 1. The molecule has 0 radical (unpaired) electrons. The van der Waals surface area contributed by atoms with Crippen molar-refractivity contribution in [3.8, 4) is 11.3 Å². The Morgan fingerprint density at radius 1 is 1.09 bits per heavy atom. The van der Waals surface area contributed by atoms with E-state index in [1.165, 1.54) is 33.3 Å². The van der Waals surface area contributed by atoms with Crippen molar-refractivity contribution in [1.82, 2.24) is 4.98 Å². The first-order valence-electron chi connectivity index (χ1n) is 7.76. The van der Waals surface area contributed by atoms with E-state index in [0.717, 1.165) is 30.3 Å². The van der Waals surface area contributed by atoms with Crippen LogP contribution >= 0.6 is 15.9 Å². The van der Waals surface area contributed by atoms with Crippen molar-refractivity contribution in [3.63, 3.8) is 0 Å². The molecule has 0 atom stereocenters. The molecule has 0 saturated heterocycles. The first kappa shape index (κ1) is 15.3. The second-order valence-corrected chi connectivity index (χ2v) is 6.70. The van der Waals surface area contributed by atoms with Gasteiger partial charge in [0.15, 0.2) is 0 Å². The summed E-state index contributed by atoms with van der Waals surface area (Å²) in [7, 11) is 0. The lowest BCUT2D eigenvalue weighted by atomic mass is 9.99. The molecular formula is C19H21BrN2. The molecule has 0 aliphatic rings. The molecule has 0 spiro atoms. The third-order valence-electron chi connectivity index (χ3n) is 4.06. The number of nitrogens with two attached hydrogens (primary N) is 1. The summed E-state index contributed by atoms with van der Waals surface area (Å²) < 4.78 is 1.12. The van der Waals surface area contributed by atoms with Crippen LogP contribution in [-0.4, -0.2) is 11.5 Å². The van der Waals surface area contributed by atoms with Gasteiger partial charge in [0.25, 0.3) is 0 Å². The molecule has 0 bridgehead atoms. The Labute approximate surface area is 139 Å². The summed E-state index contributed by atoms with van der Waals surface area (Å²) in [6, 6.07) is 15.1. The molecule has 0 amide bonds. The number of nitrogens with one attached hydrogen (secondary N) is 1. The standard InChI is InChI=1S/C19H21BrN2/c1-13-5-4-6-14(11-13)19-16(7-2-3-10-21)17-12-15(20)8-9-18(17)22-19/h4-6,8-9,11-12,22H,2-3,7,10,21H2,1H3. The molecule has 0 saturated carbocycles. The number of benzene rings is 2.